The molecule has 0 atom stereocenters. The molecule has 3 rings (SSSR count). The molecule has 0 bridgehead atoms. The number of aryl methyl sites for hydroxylation is 2. The van der Waals surface area contributed by atoms with Crippen molar-refractivity contribution >= 4 is 0 Å². The van der Waals surface area contributed by atoms with Gasteiger partial charge in [0.15, 0.2) is 0 Å². The lowest BCUT2D eigenvalue weighted by Gasteiger charge is -2.03. The highest BCUT2D eigenvalue weighted by Crippen LogP contribution is 2.32. The minimum absolute atomic E-state index is 0.636. The van der Waals surface area contributed by atoms with E-state index in [1.807, 2.05) is 50.2 Å². The fourth-order valence-electron chi connectivity index (χ4n) is 1.90. The summed E-state index contributed by atoms with van der Waals surface area (Å²) in [6, 6.07) is 11.7. The zero-order valence-corrected chi connectivity index (χ0v) is 10.3. The zero-order valence-electron chi connectivity index (χ0n) is 10.3. The third-order valence-corrected chi connectivity index (χ3v) is 2.97. The van der Waals surface area contributed by atoms with Crippen LogP contribution < -0.4 is 0 Å². The Balaban J connectivity index is 2.18. The molecular formula is C15H13NO2. The van der Waals surface area contributed by atoms with Gasteiger partial charge in [0.25, 0.3) is 0 Å². The topological polar surface area (TPSA) is 39.2 Å². The summed E-state index contributed by atoms with van der Waals surface area (Å²) in [6.07, 6.45) is 1.66. The Morgan fingerprint density at radius 3 is 2.33 bits per heavy atom. The summed E-state index contributed by atoms with van der Waals surface area (Å²) in [7, 11) is 0. The molecule has 0 aliphatic rings. The van der Waals surface area contributed by atoms with Gasteiger partial charge >= 0.3 is 0 Å². The van der Waals surface area contributed by atoms with Crippen LogP contribution in [0.2, 0.25) is 0 Å². The number of oxazole rings is 1. The second-order valence-electron chi connectivity index (χ2n) is 4.18. The normalized spacial score (nSPS) is 10.8. The van der Waals surface area contributed by atoms with Gasteiger partial charge in [0.2, 0.25) is 5.89 Å². The zero-order chi connectivity index (χ0) is 12.5. The van der Waals surface area contributed by atoms with E-state index in [0.717, 1.165) is 28.3 Å². The van der Waals surface area contributed by atoms with Gasteiger partial charge in [-0.25, -0.2) is 4.98 Å². The Hall–Kier alpha value is -2.29. The molecule has 1 aromatic carbocycles. The van der Waals surface area contributed by atoms with Gasteiger partial charge in [-0.3, -0.25) is 0 Å². The molecule has 3 aromatic rings. The highest BCUT2D eigenvalue weighted by molar-refractivity contribution is 5.77. The lowest BCUT2D eigenvalue weighted by molar-refractivity contribution is 0.540. The van der Waals surface area contributed by atoms with E-state index in [2.05, 4.69) is 4.98 Å². The molecule has 0 fully saturated rings. The van der Waals surface area contributed by atoms with Crippen molar-refractivity contribution in [1.82, 2.24) is 4.98 Å². The summed E-state index contributed by atoms with van der Waals surface area (Å²) in [4.78, 5) is 4.44. The Morgan fingerprint density at radius 1 is 0.944 bits per heavy atom. The molecular weight excluding hydrogens is 226 g/mol. The quantitative estimate of drug-likeness (QED) is 0.672. The fourth-order valence-corrected chi connectivity index (χ4v) is 1.90. The maximum absolute atomic E-state index is 5.69. The molecule has 0 amide bonds. The van der Waals surface area contributed by atoms with Gasteiger partial charge in [-0.05, 0) is 32.0 Å². The van der Waals surface area contributed by atoms with Crippen LogP contribution >= 0.6 is 0 Å². The lowest BCUT2D eigenvalue weighted by Crippen LogP contribution is -1.83. The molecule has 0 aliphatic heterocycles. The van der Waals surface area contributed by atoms with Crippen LogP contribution in [0.15, 0.2) is 51.5 Å². The second-order valence-corrected chi connectivity index (χ2v) is 4.18. The molecule has 0 unspecified atom stereocenters. The lowest BCUT2D eigenvalue weighted by atomic mass is 10.1. The monoisotopic (exact) mass is 239 g/mol. The van der Waals surface area contributed by atoms with Crippen molar-refractivity contribution in [3.8, 4) is 22.8 Å². The maximum atomic E-state index is 5.69. The number of benzene rings is 1. The first-order chi connectivity index (χ1) is 8.75. The van der Waals surface area contributed by atoms with Crippen molar-refractivity contribution in [2.45, 2.75) is 13.8 Å². The summed E-state index contributed by atoms with van der Waals surface area (Å²) < 4.78 is 11.1. The Labute approximate surface area is 105 Å². The molecule has 0 aliphatic carbocycles. The van der Waals surface area contributed by atoms with Gasteiger partial charge in [-0.1, -0.05) is 18.2 Å². The summed E-state index contributed by atoms with van der Waals surface area (Å²) in [5, 5.41) is 0. The van der Waals surface area contributed by atoms with Crippen molar-refractivity contribution < 1.29 is 8.83 Å². The molecule has 2 heterocycles. The second kappa shape index (κ2) is 4.18. The maximum Gasteiger partial charge on any atom is 0.227 e. The molecule has 3 heteroatoms. The van der Waals surface area contributed by atoms with E-state index in [1.165, 1.54) is 0 Å². The first kappa shape index (κ1) is 10.8. The number of furan rings is 1. The van der Waals surface area contributed by atoms with E-state index < -0.39 is 0 Å². The average Bonchev–Trinajstić information content (AvgIpc) is 3.01. The van der Waals surface area contributed by atoms with Crippen molar-refractivity contribution in [2.75, 3.05) is 0 Å². The molecule has 0 N–H and O–H groups in total. The predicted octanol–water partition coefficient (Wildman–Crippen LogP) is 4.22. The van der Waals surface area contributed by atoms with Gasteiger partial charge in [0.05, 0.1) is 12.0 Å². The molecule has 90 valence electrons. The summed E-state index contributed by atoms with van der Waals surface area (Å²) in [6.45, 7) is 3.86. The van der Waals surface area contributed by atoms with Crippen molar-refractivity contribution in [3.05, 3.63) is 54.1 Å². The number of aromatic nitrogens is 1. The highest BCUT2D eigenvalue weighted by atomic mass is 16.4. The van der Waals surface area contributed by atoms with Crippen LogP contribution in [0, 0.1) is 13.8 Å². The highest BCUT2D eigenvalue weighted by Gasteiger charge is 2.14. The van der Waals surface area contributed by atoms with Crippen LogP contribution in [0.4, 0.5) is 0 Å². The minimum Gasteiger partial charge on any atom is -0.464 e. The van der Waals surface area contributed by atoms with Crippen LogP contribution in [0.3, 0.4) is 0 Å². The van der Waals surface area contributed by atoms with E-state index in [0.29, 0.717) is 5.89 Å². The molecule has 0 spiro atoms. The van der Waals surface area contributed by atoms with Crippen LogP contribution in [0.25, 0.3) is 22.8 Å². The summed E-state index contributed by atoms with van der Waals surface area (Å²) in [5.74, 6) is 2.30. The van der Waals surface area contributed by atoms with Gasteiger partial charge in [0.1, 0.15) is 11.5 Å². The third kappa shape index (κ3) is 1.74. The number of nitrogens with zero attached hydrogens (tertiary/aromatic N) is 1. The van der Waals surface area contributed by atoms with Crippen molar-refractivity contribution in [1.29, 1.82) is 0 Å². The number of hydrogen-bond donors (Lipinski definition) is 0. The average molecular weight is 239 g/mol. The molecule has 3 nitrogen and oxygen atoms in total. The van der Waals surface area contributed by atoms with E-state index in [9.17, 15) is 0 Å². The smallest absolute Gasteiger partial charge is 0.227 e. The largest absolute Gasteiger partial charge is 0.464 e. The molecule has 2 aromatic heterocycles. The Kier molecular flexibility index (Phi) is 2.52. The Morgan fingerprint density at radius 2 is 1.72 bits per heavy atom. The first-order valence-corrected chi connectivity index (χ1v) is 5.83. The predicted molar refractivity (Wildman–Crippen MR) is 69.1 cm³/mol. The van der Waals surface area contributed by atoms with Crippen LogP contribution in [-0.2, 0) is 0 Å². The van der Waals surface area contributed by atoms with E-state index in [4.69, 9.17) is 8.83 Å². The summed E-state index contributed by atoms with van der Waals surface area (Å²) >= 11 is 0. The molecule has 0 saturated carbocycles. The standard InChI is InChI=1S/C15H13NO2/c1-10-11(2)18-15(16-10)13-7-4-3-6-12(13)14-8-5-9-17-14/h3-9H,1-2H3. The van der Waals surface area contributed by atoms with Gasteiger partial charge in [-0.15, -0.1) is 0 Å². The van der Waals surface area contributed by atoms with Crippen molar-refractivity contribution in [2.24, 2.45) is 0 Å². The molecule has 18 heavy (non-hydrogen) atoms. The third-order valence-electron chi connectivity index (χ3n) is 2.97. The van der Waals surface area contributed by atoms with Crippen LogP contribution in [0.1, 0.15) is 11.5 Å². The van der Waals surface area contributed by atoms with Crippen molar-refractivity contribution in [3.63, 3.8) is 0 Å². The number of rotatable bonds is 2. The minimum atomic E-state index is 0.636. The molecule has 0 saturated heterocycles. The Bertz CT molecular complexity index is 646. The van der Waals surface area contributed by atoms with Gasteiger partial charge in [0, 0.05) is 11.1 Å². The molecule has 0 radical (unpaired) electrons. The van der Waals surface area contributed by atoms with E-state index >= 15 is 0 Å². The van der Waals surface area contributed by atoms with Gasteiger partial charge in [-0.2, -0.15) is 0 Å². The van der Waals surface area contributed by atoms with Crippen LogP contribution in [-0.4, -0.2) is 4.98 Å². The summed E-state index contributed by atoms with van der Waals surface area (Å²) in [5.41, 5.74) is 2.85. The van der Waals surface area contributed by atoms with E-state index in [1.54, 1.807) is 6.26 Å². The van der Waals surface area contributed by atoms with Crippen LogP contribution in [0.5, 0.6) is 0 Å². The first-order valence-electron chi connectivity index (χ1n) is 5.83. The number of hydrogen-bond acceptors (Lipinski definition) is 3. The van der Waals surface area contributed by atoms with E-state index in [-0.39, 0.29) is 0 Å². The SMILES string of the molecule is Cc1nc(-c2ccccc2-c2ccco2)oc1C. The fraction of sp³-hybridized carbons (Fsp3) is 0.133. The van der Waals surface area contributed by atoms with Gasteiger partial charge < -0.3 is 8.83 Å².